The maximum absolute atomic E-state index is 6.86. The summed E-state index contributed by atoms with van der Waals surface area (Å²) in [6, 6.07) is 104. The van der Waals surface area contributed by atoms with Crippen LogP contribution in [0.25, 0.3) is 110 Å². The van der Waals surface area contributed by atoms with Gasteiger partial charge in [0.05, 0.1) is 17.1 Å². The molecule has 0 amide bonds. The summed E-state index contributed by atoms with van der Waals surface area (Å²) in [5.41, 5.74) is 23.5. The minimum absolute atomic E-state index is 0.735. The van der Waals surface area contributed by atoms with E-state index in [1.807, 2.05) is 6.07 Å². The molecule has 0 bridgehead atoms. The second-order valence-corrected chi connectivity index (χ2v) is 22.6. The molecule has 2 heterocycles. The highest BCUT2D eigenvalue weighted by atomic mass is 16.3. The van der Waals surface area contributed by atoms with Gasteiger partial charge in [0.15, 0.2) is 11.2 Å². The van der Waals surface area contributed by atoms with Crippen LogP contribution in [-0.2, 0) is 12.8 Å². The van der Waals surface area contributed by atoms with Crippen LogP contribution in [0.3, 0.4) is 0 Å². The molecule has 0 unspecified atom stereocenters. The van der Waals surface area contributed by atoms with Crippen LogP contribution in [0, 0.1) is 6.92 Å². The lowest BCUT2D eigenvalue weighted by molar-refractivity contribution is 0.668. The van der Waals surface area contributed by atoms with Gasteiger partial charge in [0.25, 0.3) is 0 Å². The highest BCUT2D eigenvalue weighted by Crippen LogP contribution is 2.51. The minimum Gasteiger partial charge on any atom is -0.454 e. The van der Waals surface area contributed by atoms with Crippen molar-refractivity contribution >= 4 is 110 Å². The summed E-state index contributed by atoms with van der Waals surface area (Å²) in [7, 11) is 0. The minimum atomic E-state index is 0.735. The van der Waals surface area contributed by atoms with Crippen molar-refractivity contribution in [2.24, 2.45) is 0 Å². The van der Waals surface area contributed by atoms with Crippen molar-refractivity contribution in [1.29, 1.82) is 0 Å². The maximum Gasteiger partial charge on any atom is 0.159 e. The van der Waals surface area contributed by atoms with Gasteiger partial charge in [0.2, 0.25) is 0 Å². The number of nitrogens with zero attached hydrogens (tertiary/aromatic N) is 2. The predicted octanol–water partition coefficient (Wildman–Crippen LogP) is 22.7. The molecule has 0 radical (unpaired) electrons. The molecule has 17 rings (SSSR count). The van der Waals surface area contributed by atoms with Gasteiger partial charge in [0, 0.05) is 44.2 Å². The number of hydrogen-bond donors (Lipinski definition) is 0. The molecule has 16 aromatic rings. The van der Waals surface area contributed by atoms with Gasteiger partial charge >= 0.3 is 0 Å². The number of para-hydroxylation sites is 6. The topological polar surface area (TPSA) is 32.8 Å². The largest absolute Gasteiger partial charge is 0.454 e. The molecule has 0 saturated carbocycles. The number of rotatable bonds is 7. The molecule has 85 heavy (non-hydrogen) atoms. The maximum atomic E-state index is 6.86. The van der Waals surface area contributed by atoms with Crippen molar-refractivity contribution in [2.75, 3.05) is 9.80 Å². The molecule has 0 N–H and O–H groups in total. The summed E-state index contributed by atoms with van der Waals surface area (Å²) < 4.78 is 13.7. The zero-order valence-corrected chi connectivity index (χ0v) is 46.8. The summed E-state index contributed by atoms with van der Waals surface area (Å²) >= 11 is 0. The predicted molar refractivity (Wildman–Crippen MR) is 356 cm³/mol. The van der Waals surface area contributed by atoms with E-state index < -0.39 is 0 Å². The average molecular weight is 1090 g/mol. The van der Waals surface area contributed by atoms with E-state index >= 15 is 0 Å². The van der Waals surface area contributed by atoms with Crippen LogP contribution in [0.15, 0.2) is 294 Å². The Bertz CT molecular complexity index is 5360. The zero-order chi connectivity index (χ0) is 56.1. The van der Waals surface area contributed by atoms with Gasteiger partial charge in [-0.2, -0.15) is 0 Å². The Hall–Kier alpha value is -10.9. The number of furan rings is 2. The molecule has 1 aliphatic rings. The van der Waals surface area contributed by atoms with Gasteiger partial charge in [0.1, 0.15) is 11.2 Å². The van der Waals surface area contributed by atoms with Gasteiger partial charge in [-0.05, 0) is 168 Å². The molecule has 0 saturated heterocycles. The van der Waals surface area contributed by atoms with Crippen LogP contribution in [0.5, 0.6) is 0 Å². The van der Waals surface area contributed by atoms with Crippen LogP contribution < -0.4 is 9.80 Å². The fourth-order valence-corrected chi connectivity index (χ4v) is 14.1. The van der Waals surface area contributed by atoms with Gasteiger partial charge in [-0.3, -0.25) is 0 Å². The van der Waals surface area contributed by atoms with Gasteiger partial charge in [-0.1, -0.05) is 224 Å². The number of aryl methyl sites for hydroxylation is 1. The van der Waals surface area contributed by atoms with E-state index in [9.17, 15) is 0 Å². The average Bonchev–Trinajstić information content (AvgIpc) is 4.00. The Morgan fingerprint density at radius 2 is 0.788 bits per heavy atom. The highest BCUT2D eigenvalue weighted by Gasteiger charge is 2.28. The van der Waals surface area contributed by atoms with E-state index in [0.29, 0.717) is 0 Å². The lowest BCUT2D eigenvalue weighted by Crippen LogP contribution is -2.12. The van der Waals surface area contributed by atoms with Gasteiger partial charge < -0.3 is 18.6 Å². The molecule has 14 aromatic carbocycles. The molecule has 0 spiro atoms. The zero-order valence-electron chi connectivity index (χ0n) is 46.8. The highest BCUT2D eigenvalue weighted by molar-refractivity contribution is 6.19. The Morgan fingerprint density at radius 3 is 1.46 bits per heavy atom. The van der Waals surface area contributed by atoms with Crippen LogP contribution >= 0.6 is 0 Å². The van der Waals surface area contributed by atoms with E-state index in [4.69, 9.17) is 8.83 Å². The van der Waals surface area contributed by atoms with E-state index in [-0.39, 0.29) is 0 Å². The monoisotopic (exact) mass is 1090 g/mol. The van der Waals surface area contributed by atoms with Gasteiger partial charge in [-0.15, -0.1) is 0 Å². The molecule has 4 heteroatoms. The first kappa shape index (κ1) is 48.7. The van der Waals surface area contributed by atoms with Crippen LogP contribution in [-0.4, -0.2) is 0 Å². The van der Waals surface area contributed by atoms with Gasteiger partial charge in [-0.25, -0.2) is 0 Å². The molecule has 1 aliphatic carbocycles. The SMILES string of the molecule is Cc1ccccc1N(c1ccc2c3c(c4ccccc4c2c1)-c1ccc2cc(N(c4ccccc4-c4ccccc4)c4cccc5c4oc4ccccc45)ccc2c1Cc1ccccc1-c1ccccc1C3)c1cccc2c1oc1ccccc12. The molecular formula is C81H54N2O2. The number of benzene rings is 14. The second-order valence-electron chi connectivity index (χ2n) is 22.6. The first-order chi connectivity index (χ1) is 42.1. The van der Waals surface area contributed by atoms with E-state index in [1.54, 1.807) is 0 Å². The van der Waals surface area contributed by atoms with Crippen molar-refractivity contribution in [3.8, 4) is 33.4 Å². The molecule has 0 atom stereocenters. The third-order valence-electron chi connectivity index (χ3n) is 17.9. The third-order valence-corrected chi connectivity index (χ3v) is 17.9. The van der Waals surface area contributed by atoms with E-state index in [0.717, 1.165) is 107 Å². The summed E-state index contributed by atoms with van der Waals surface area (Å²) in [6.07, 6.45) is 1.47. The number of hydrogen-bond acceptors (Lipinski definition) is 4. The second kappa shape index (κ2) is 19.6. The first-order valence-corrected chi connectivity index (χ1v) is 29.4. The summed E-state index contributed by atoms with van der Waals surface area (Å²) in [4.78, 5) is 4.81. The Kier molecular flexibility index (Phi) is 11.2. The Morgan fingerprint density at radius 1 is 0.294 bits per heavy atom. The van der Waals surface area contributed by atoms with Crippen LogP contribution in [0.1, 0.15) is 27.8 Å². The first-order valence-electron chi connectivity index (χ1n) is 29.4. The van der Waals surface area contributed by atoms with Crippen LogP contribution in [0.2, 0.25) is 0 Å². The van der Waals surface area contributed by atoms with E-state index in [2.05, 4.69) is 296 Å². The van der Waals surface area contributed by atoms with Crippen molar-refractivity contribution in [3.63, 3.8) is 0 Å². The van der Waals surface area contributed by atoms with Crippen molar-refractivity contribution in [1.82, 2.24) is 0 Å². The van der Waals surface area contributed by atoms with Crippen LogP contribution in [0.4, 0.5) is 34.1 Å². The molecule has 0 aliphatic heterocycles. The molecule has 400 valence electrons. The Labute approximate surface area is 492 Å². The summed E-state index contributed by atoms with van der Waals surface area (Å²) in [6.45, 7) is 2.20. The third kappa shape index (κ3) is 7.83. The lowest BCUT2D eigenvalue weighted by Gasteiger charge is -2.29. The fraction of sp³-hybridized carbons (Fsp3) is 0.0370. The lowest BCUT2D eigenvalue weighted by atomic mass is 9.79. The summed E-state index contributed by atoms with van der Waals surface area (Å²) in [5, 5.41) is 11.7. The summed E-state index contributed by atoms with van der Waals surface area (Å²) in [5.74, 6) is 0. The van der Waals surface area contributed by atoms with Crippen molar-refractivity contribution in [2.45, 2.75) is 19.8 Å². The fourth-order valence-electron chi connectivity index (χ4n) is 14.1. The normalized spacial score (nSPS) is 12.2. The van der Waals surface area contributed by atoms with Crippen molar-refractivity contribution in [3.05, 3.63) is 313 Å². The standard InChI is InChI=1S/C81H54N2O2/c1-51-21-5-15-35-73(51)82(75-37-19-33-68-64-30-13-17-39-77(64)84-80(68)75)57-43-46-63-71(50-57)62-29-10-11-32-66(62)79-67-44-41-55-47-56(42-45-60(55)70(67)48-53-24-6-8-26-58(53)59-27-9-7-25-54(59)49-72(63)79)83(74-36-16-12-28-61(74)52-22-3-2-4-23-52)76-38-20-34-69-65-31-14-18-40-78(65)85-81(69)76/h2-47,50H,48-49H2,1H3. The molecule has 0 fully saturated rings. The number of anilines is 6. The molecule has 2 aromatic heterocycles. The smallest absolute Gasteiger partial charge is 0.159 e. The van der Waals surface area contributed by atoms with Crippen molar-refractivity contribution < 1.29 is 8.83 Å². The molecular weight excluding hydrogens is 1030 g/mol. The molecule has 4 nitrogen and oxygen atoms in total. The Balaban J connectivity index is 0.913. The number of fused-ring (bicyclic) bond motifs is 19. The quantitative estimate of drug-likeness (QED) is 0.149. The van der Waals surface area contributed by atoms with E-state index in [1.165, 1.54) is 77.0 Å².